The zero-order chi connectivity index (χ0) is 12.4. The number of benzene rings is 2. The summed E-state index contributed by atoms with van der Waals surface area (Å²) in [7, 11) is 0. The lowest BCUT2D eigenvalue weighted by atomic mass is 10.2. The summed E-state index contributed by atoms with van der Waals surface area (Å²) in [5.74, 6) is 0.144. The Morgan fingerprint density at radius 3 is 2.24 bits per heavy atom. The summed E-state index contributed by atoms with van der Waals surface area (Å²) in [5, 5.41) is 12.4. The van der Waals surface area contributed by atoms with Gasteiger partial charge in [0.15, 0.2) is 0 Å². The minimum Gasteiger partial charge on any atom is -0.508 e. The van der Waals surface area contributed by atoms with Crippen molar-refractivity contribution in [1.82, 2.24) is 0 Å². The van der Waals surface area contributed by atoms with Crippen LogP contribution in [0.15, 0.2) is 36.4 Å². The highest BCUT2D eigenvalue weighted by atomic mass is 16.3. The van der Waals surface area contributed by atoms with E-state index in [1.54, 1.807) is 30.3 Å². The lowest BCUT2D eigenvalue weighted by Crippen LogP contribution is -1.99. The van der Waals surface area contributed by atoms with Gasteiger partial charge in [0.2, 0.25) is 0 Å². The molecule has 88 valence electrons. The smallest absolute Gasteiger partial charge is 0.117 e. The topological polar surface area (TPSA) is 110 Å². The number of nitrogen functional groups attached to an aromatic ring is 3. The van der Waals surface area contributed by atoms with Crippen LogP contribution in [0.1, 0.15) is 0 Å². The monoisotopic (exact) mass is 230 g/mol. The molecule has 0 fully saturated rings. The highest BCUT2D eigenvalue weighted by Crippen LogP contribution is 2.28. The fourth-order valence-corrected chi connectivity index (χ4v) is 1.46. The van der Waals surface area contributed by atoms with Crippen LogP contribution in [0.3, 0.4) is 0 Å². The Morgan fingerprint density at radius 2 is 1.53 bits per heavy atom. The molecule has 0 aliphatic rings. The molecule has 0 heterocycles. The minimum absolute atomic E-state index is 0.144. The van der Waals surface area contributed by atoms with Crippen LogP contribution in [0, 0.1) is 0 Å². The van der Waals surface area contributed by atoms with Crippen molar-refractivity contribution >= 4 is 28.4 Å². The molecule has 5 nitrogen and oxygen atoms in total. The van der Waals surface area contributed by atoms with Gasteiger partial charge >= 0.3 is 0 Å². The van der Waals surface area contributed by atoms with Gasteiger partial charge in [-0.05, 0) is 30.3 Å². The van der Waals surface area contributed by atoms with Gasteiger partial charge in [-0.2, -0.15) is 0 Å². The van der Waals surface area contributed by atoms with Gasteiger partial charge in [-0.3, -0.25) is 0 Å². The van der Waals surface area contributed by atoms with E-state index in [-0.39, 0.29) is 5.75 Å². The molecule has 0 saturated heterocycles. The maximum Gasteiger partial charge on any atom is 0.117 e. The van der Waals surface area contributed by atoms with Crippen LogP contribution >= 0.6 is 0 Å². The van der Waals surface area contributed by atoms with Crippen molar-refractivity contribution in [2.24, 2.45) is 0 Å². The maximum atomic E-state index is 9.37. The molecule has 2 rings (SSSR count). The Bertz CT molecular complexity index is 554. The van der Waals surface area contributed by atoms with E-state index in [0.717, 1.165) is 5.69 Å². The summed E-state index contributed by atoms with van der Waals surface area (Å²) in [6, 6.07) is 9.89. The molecule has 8 N–H and O–H groups in total. The van der Waals surface area contributed by atoms with E-state index < -0.39 is 0 Å². The van der Waals surface area contributed by atoms with Gasteiger partial charge in [-0.15, -0.1) is 0 Å². The molecule has 0 bridgehead atoms. The van der Waals surface area contributed by atoms with Crippen molar-refractivity contribution in [3.05, 3.63) is 36.4 Å². The molecular formula is C12H14N4O. The number of nitrogens with one attached hydrogen (secondary N) is 1. The molecule has 0 atom stereocenters. The summed E-state index contributed by atoms with van der Waals surface area (Å²) in [6.45, 7) is 0. The van der Waals surface area contributed by atoms with E-state index in [1.807, 2.05) is 0 Å². The molecule has 2 aromatic rings. The lowest BCUT2D eigenvalue weighted by molar-refractivity contribution is 0.475. The second-order valence-electron chi connectivity index (χ2n) is 3.74. The quantitative estimate of drug-likeness (QED) is 0.399. The van der Waals surface area contributed by atoms with Crippen LogP contribution in [0.4, 0.5) is 28.4 Å². The molecule has 5 heteroatoms. The third-order valence-electron chi connectivity index (χ3n) is 2.40. The number of hydrogen-bond donors (Lipinski definition) is 5. The van der Waals surface area contributed by atoms with Crippen molar-refractivity contribution in [1.29, 1.82) is 0 Å². The zero-order valence-electron chi connectivity index (χ0n) is 9.14. The molecule has 0 spiro atoms. The first kappa shape index (κ1) is 10.9. The lowest BCUT2D eigenvalue weighted by Gasteiger charge is -2.11. The fraction of sp³-hybridized carbons (Fsp3) is 0. The molecule has 0 aromatic heterocycles. The Balaban J connectivity index is 2.31. The maximum absolute atomic E-state index is 9.37. The van der Waals surface area contributed by atoms with E-state index >= 15 is 0 Å². The van der Waals surface area contributed by atoms with Gasteiger partial charge in [0, 0.05) is 11.8 Å². The van der Waals surface area contributed by atoms with Crippen LogP contribution in [0.25, 0.3) is 0 Å². The molecule has 0 aliphatic carbocycles. The third kappa shape index (κ3) is 2.34. The number of rotatable bonds is 2. The predicted octanol–water partition coefficient (Wildman–Crippen LogP) is 1.88. The predicted molar refractivity (Wildman–Crippen MR) is 71.1 cm³/mol. The normalized spacial score (nSPS) is 10.1. The van der Waals surface area contributed by atoms with Crippen molar-refractivity contribution in [3.63, 3.8) is 0 Å². The summed E-state index contributed by atoms with van der Waals surface area (Å²) in [4.78, 5) is 0. The number of hydrogen-bond acceptors (Lipinski definition) is 5. The summed E-state index contributed by atoms with van der Waals surface area (Å²) in [6.07, 6.45) is 0. The standard InChI is InChI=1S/C12H14N4O/c13-9-3-1-7(5-11(9)15)16-12-6-8(17)2-4-10(12)14/h1-6,16-17H,13-15H2. The van der Waals surface area contributed by atoms with Crippen LogP contribution in [0.2, 0.25) is 0 Å². The summed E-state index contributed by atoms with van der Waals surface area (Å²) in [5.41, 5.74) is 20.0. The second kappa shape index (κ2) is 4.13. The van der Waals surface area contributed by atoms with E-state index in [0.29, 0.717) is 22.7 Å². The van der Waals surface area contributed by atoms with Gasteiger partial charge in [-0.25, -0.2) is 0 Å². The molecule has 17 heavy (non-hydrogen) atoms. The Hall–Kier alpha value is -2.56. The van der Waals surface area contributed by atoms with Gasteiger partial charge in [0.05, 0.1) is 22.7 Å². The Kier molecular flexibility index (Phi) is 2.66. The van der Waals surface area contributed by atoms with E-state index in [1.165, 1.54) is 6.07 Å². The van der Waals surface area contributed by atoms with Crippen LogP contribution in [0.5, 0.6) is 5.75 Å². The second-order valence-corrected chi connectivity index (χ2v) is 3.74. The minimum atomic E-state index is 0.144. The van der Waals surface area contributed by atoms with Gasteiger partial charge in [0.25, 0.3) is 0 Å². The van der Waals surface area contributed by atoms with Crippen LogP contribution in [-0.4, -0.2) is 5.11 Å². The Labute approximate surface area is 98.9 Å². The van der Waals surface area contributed by atoms with Crippen LogP contribution in [-0.2, 0) is 0 Å². The highest BCUT2D eigenvalue weighted by molar-refractivity contribution is 5.77. The first-order valence-electron chi connectivity index (χ1n) is 5.07. The fourth-order valence-electron chi connectivity index (χ4n) is 1.46. The van der Waals surface area contributed by atoms with Gasteiger partial charge < -0.3 is 27.6 Å². The molecule has 2 aromatic carbocycles. The van der Waals surface area contributed by atoms with Crippen molar-refractivity contribution < 1.29 is 5.11 Å². The number of phenolic OH excluding ortho intramolecular Hbond substituents is 1. The van der Waals surface area contributed by atoms with Crippen LogP contribution < -0.4 is 22.5 Å². The molecule has 0 saturated carbocycles. The first-order valence-corrected chi connectivity index (χ1v) is 5.07. The van der Waals surface area contributed by atoms with Crippen molar-refractivity contribution in [2.75, 3.05) is 22.5 Å². The third-order valence-corrected chi connectivity index (χ3v) is 2.40. The van der Waals surface area contributed by atoms with E-state index in [2.05, 4.69) is 5.32 Å². The Morgan fingerprint density at radius 1 is 0.824 bits per heavy atom. The SMILES string of the molecule is Nc1ccc(Nc2cc(O)ccc2N)cc1N. The molecule has 0 radical (unpaired) electrons. The van der Waals surface area contributed by atoms with Gasteiger partial charge in [-0.1, -0.05) is 0 Å². The molecule has 0 amide bonds. The summed E-state index contributed by atoms with van der Waals surface area (Å²) < 4.78 is 0. The van der Waals surface area contributed by atoms with E-state index in [9.17, 15) is 5.11 Å². The largest absolute Gasteiger partial charge is 0.508 e. The number of nitrogens with two attached hydrogens (primary N) is 3. The zero-order valence-corrected chi connectivity index (χ0v) is 9.14. The molecular weight excluding hydrogens is 216 g/mol. The molecule has 0 unspecified atom stereocenters. The van der Waals surface area contributed by atoms with E-state index in [4.69, 9.17) is 17.2 Å². The number of anilines is 5. The molecule has 0 aliphatic heterocycles. The first-order chi connectivity index (χ1) is 8.06. The summed E-state index contributed by atoms with van der Waals surface area (Å²) >= 11 is 0. The number of aromatic hydroxyl groups is 1. The highest BCUT2D eigenvalue weighted by Gasteiger charge is 2.02. The van der Waals surface area contributed by atoms with Crippen molar-refractivity contribution in [2.45, 2.75) is 0 Å². The van der Waals surface area contributed by atoms with Gasteiger partial charge in [0.1, 0.15) is 5.75 Å². The number of phenols is 1. The van der Waals surface area contributed by atoms with Crippen molar-refractivity contribution in [3.8, 4) is 5.75 Å². The average Bonchev–Trinajstić information content (AvgIpc) is 2.29. The average molecular weight is 230 g/mol.